The molecule has 1 aliphatic rings. The van der Waals surface area contributed by atoms with Gasteiger partial charge in [-0.1, -0.05) is 0 Å². The second-order valence-electron chi connectivity index (χ2n) is 6.23. The maximum atomic E-state index is 12.1. The van der Waals surface area contributed by atoms with E-state index in [1.165, 1.54) is 0 Å². The lowest BCUT2D eigenvalue weighted by atomic mass is 10.1. The number of hydrogen-bond acceptors (Lipinski definition) is 6. The molecular weight excluding hydrogens is 338 g/mol. The quantitative estimate of drug-likeness (QED) is 0.760. The van der Waals surface area contributed by atoms with Crippen molar-refractivity contribution in [1.82, 2.24) is 15.1 Å². The lowest BCUT2D eigenvalue weighted by Gasteiger charge is -2.13. The number of aliphatic hydroxyl groups is 1. The van der Waals surface area contributed by atoms with Gasteiger partial charge in [-0.05, 0) is 26.0 Å². The van der Waals surface area contributed by atoms with Crippen molar-refractivity contribution in [2.75, 3.05) is 19.9 Å². The summed E-state index contributed by atoms with van der Waals surface area (Å²) < 4.78 is 17.8. The van der Waals surface area contributed by atoms with Crippen LogP contribution in [-0.4, -0.2) is 46.8 Å². The number of benzene rings is 1. The number of nitrogens with zero attached hydrogens (tertiary/aromatic N) is 2. The first-order chi connectivity index (χ1) is 12.4. The van der Waals surface area contributed by atoms with Crippen molar-refractivity contribution in [3.63, 3.8) is 0 Å². The largest absolute Gasteiger partial charge is 0.491 e. The summed E-state index contributed by atoms with van der Waals surface area (Å²) in [6.45, 7) is 4.18. The first kappa shape index (κ1) is 18.1. The van der Waals surface area contributed by atoms with Crippen LogP contribution in [0.4, 0.5) is 0 Å². The van der Waals surface area contributed by atoms with Crippen molar-refractivity contribution >= 4 is 5.91 Å². The molecule has 0 saturated carbocycles. The van der Waals surface area contributed by atoms with Gasteiger partial charge in [-0.3, -0.25) is 9.48 Å². The summed E-state index contributed by atoms with van der Waals surface area (Å²) in [7, 11) is 1.85. The van der Waals surface area contributed by atoms with E-state index in [2.05, 4.69) is 10.4 Å². The fourth-order valence-corrected chi connectivity index (χ4v) is 2.75. The molecule has 8 heteroatoms. The third-order valence-corrected chi connectivity index (χ3v) is 4.32. The summed E-state index contributed by atoms with van der Waals surface area (Å²) in [5.74, 6) is 1.70. The number of fused-ring (bicyclic) bond motifs is 1. The number of ether oxygens (including phenoxy) is 3. The van der Waals surface area contributed by atoms with Crippen LogP contribution in [0.15, 0.2) is 18.2 Å². The molecule has 0 aliphatic carbocycles. The monoisotopic (exact) mass is 361 g/mol. The minimum Gasteiger partial charge on any atom is -0.491 e. The topological polar surface area (TPSA) is 94.8 Å². The van der Waals surface area contributed by atoms with E-state index in [-0.39, 0.29) is 32.3 Å². The molecule has 1 aromatic heterocycles. The maximum Gasteiger partial charge on any atom is 0.231 e. The average molecular weight is 361 g/mol. The average Bonchev–Trinajstić information content (AvgIpc) is 3.17. The molecule has 3 rings (SSSR count). The van der Waals surface area contributed by atoms with E-state index in [1.807, 2.05) is 20.9 Å². The molecule has 0 spiro atoms. The third kappa shape index (κ3) is 4.08. The minimum atomic E-state index is -0.819. The van der Waals surface area contributed by atoms with Crippen LogP contribution in [-0.2, 0) is 18.3 Å². The molecule has 0 bridgehead atoms. The highest BCUT2D eigenvalue weighted by atomic mass is 16.7. The summed E-state index contributed by atoms with van der Waals surface area (Å²) in [6, 6.07) is 5.21. The first-order valence-electron chi connectivity index (χ1n) is 8.40. The van der Waals surface area contributed by atoms with Gasteiger partial charge >= 0.3 is 0 Å². The standard InChI is InChI=1S/C18H23N3O5/c1-11-15(12(2)21(3)20-11)7-18(23)19-8-13(22)9-24-14-4-5-16-17(6-14)26-10-25-16/h4-6,13,22H,7-10H2,1-3H3,(H,19,23). The molecule has 0 fully saturated rings. The van der Waals surface area contributed by atoms with Crippen LogP contribution in [0, 0.1) is 13.8 Å². The van der Waals surface area contributed by atoms with Crippen molar-refractivity contribution in [3.05, 3.63) is 35.2 Å². The Hall–Kier alpha value is -2.74. The Morgan fingerprint density at radius 1 is 1.38 bits per heavy atom. The van der Waals surface area contributed by atoms with E-state index in [1.54, 1.807) is 22.9 Å². The number of nitrogens with one attached hydrogen (secondary N) is 1. The van der Waals surface area contributed by atoms with Crippen molar-refractivity contribution < 1.29 is 24.1 Å². The van der Waals surface area contributed by atoms with Crippen LogP contribution in [0.5, 0.6) is 17.2 Å². The molecule has 1 unspecified atom stereocenters. The number of aliphatic hydroxyl groups excluding tert-OH is 1. The lowest BCUT2D eigenvalue weighted by molar-refractivity contribution is -0.121. The van der Waals surface area contributed by atoms with E-state index >= 15 is 0 Å². The summed E-state index contributed by atoms with van der Waals surface area (Å²) >= 11 is 0. The number of amides is 1. The van der Waals surface area contributed by atoms with Crippen LogP contribution in [0.3, 0.4) is 0 Å². The van der Waals surface area contributed by atoms with Gasteiger partial charge in [0.15, 0.2) is 11.5 Å². The smallest absolute Gasteiger partial charge is 0.231 e. The molecule has 0 radical (unpaired) electrons. The highest BCUT2D eigenvalue weighted by Gasteiger charge is 2.16. The van der Waals surface area contributed by atoms with Crippen LogP contribution >= 0.6 is 0 Å². The maximum absolute atomic E-state index is 12.1. The van der Waals surface area contributed by atoms with E-state index in [4.69, 9.17) is 14.2 Å². The van der Waals surface area contributed by atoms with Gasteiger partial charge in [-0.15, -0.1) is 0 Å². The van der Waals surface area contributed by atoms with Gasteiger partial charge in [0.25, 0.3) is 0 Å². The number of carbonyl (C=O) groups is 1. The molecule has 2 aromatic rings. The molecule has 2 heterocycles. The van der Waals surface area contributed by atoms with Crippen LogP contribution < -0.4 is 19.5 Å². The molecule has 1 amide bonds. The van der Waals surface area contributed by atoms with Crippen LogP contribution in [0.25, 0.3) is 0 Å². The van der Waals surface area contributed by atoms with Gasteiger partial charge in [0.05, 0.1) is 12.1 Å². The third-order valence-electron chi connectivity index (χ3n) is 4.32. The zero-order valence-electron chi connectivity index (χ0n) is 15.1. The van der Waals surface area contributed by atoms with Crippen LogP contribution in [0.1, 0.15) is 17.0 Å². The Bertz CT molecular complexity index is 802. The molecule has 140 valence electrons. The molecule has 26 heavy (non-hydrogen) atoms. The van der Waals surface area contributed by atoms with E-state index in [9.17, 15) is 9.90 Å². The Morgan fingerprint density at radius 3 is 2.88 bits per heavy atom. The lowest BCUT2D eigenvalue weighted by Crippen LogP contribution is -2.36. The summed E-state index contributed by atoms with van der Waals surface area (Å²) in [6.07, 6.45) is -0.582. The van der Waals surface area contributed by atoms with Crippen molar-refractivity contribution in [2.24, 2.45) is 7.05 Å². The van der Waals surface area contributed by atoms with E-state index in [0.29, 0.717) is 17.2 Å². The van der Waals surface area contributed by atoms with Crippen molar-refractivity contribution in [2.45, 2.75) is 26.4 Å². The van der Waals surface area contributed by atoms with Gasteiger partial charge in [0.2, 0.25) is 12.7 Å². The normalized spacial score (nSPS) is 13.5. The highest BCUT2D eigenvalue weighted by Crippen LogP contribution is 2.35. The Kier molecular flexibility index (Phi) is 5.32. The van der Waals surface area contributed by atoms with Crippen LogP contribution in [0.2, 0.25) is 0 Å². The summed E-state index contributed by atoms with van der Waals surface area (Å²) in [5, 5.41) is 17.0. The number of aryl methyl sites for hydroxylation is 2. The Morgan fingerprint density at radius 2 is 2.15 bits per heavy atom. The predicted octanol–water partition coefficient (Wildman–Crippen LogP) is 0.864. The fraction of sp³-hybridized carbons (Fsp3) is 0.444. The zero-order chi connectivity index (χ0) is 18.7. The second kappa shape index (κ2) is 7.65. The van der Waals surface area contributed by atoms with Crippen molar-refractivity contribution in [1.29, 1.82) is 0 Å². The fourth-order valence-electron chi connectivity index (χ4n) is 2.75. The zero-order valence-corrected chi connectivity index (χ0v) is 15.1. The SMILES string of the molecule is Cc1nn(C)c(C)c1CC(=O)NCC(O)COc1ccc2c(c1)OCO2. The van der Waals surface area contributed by atoms with Gasteiger partial charge in [0, 0.05) is 30.9 Å². The molecular formula is C18H23N3O5. The van der Waals surface area contributed by atoms with Gasteiger partial charge in [-0.2, -0.15) is 5.10 Å². The minimum absolute atomic E-state index is 0.0604. The Balaban J connectivity index is 1.43. The predicted molar refractivity (Wildman–Crippen MR) is 93.5 cm³/mol. The second-order valence-corrected chi connectivity index (χ2v) is 6.23. The molecule has 0 saturated heterocycles. The number of hydrogen-bond donors (Lipinski definition) is 2. The molecule has 1 aliphatic heterocycles. The first-order valence-corrected chi connectivity index (χ1v) is 8.40. The number of carbonyl (C=O) groups excluding carboxylic acids is 1. The highest BCUT2D eigenvalue weighted by molar-refractivity contribution is 5.79. The number of rotatable bonds is 7. The Labute approximate surface area is 151 Å². The summed E-state index contributed by atoms with van der Waals surface area (Å²) in [5.41, 5.74) is 2.72. The molecule has 1 aromatic carbocycles. The molecule has 2 N–H and O–H groups in total. The number of aromatic nitrogens is 2. The molecule has 1 atom stereocenters. The van der Waals surface area contributed by atoms with Gasteiger partial charge in [0.1, 0.15) is 18.5 Å². The van der Waals surface area contributed by atoms with E-state index in [0.717, 1.165) is 17.0 Å². The molecule has 8 nitrogen and oxygen atoms in total. The summed E-state index contributed by atoms with van der Waals surface area (Å²) in [4.78, 5) is 12.1. The van der Waals surface area contributed by atoms with Gasteiger partial charge < -0.3 is 24.6 Å². The van der Waals surface area contributed by atoms with E-state index < -0.39 is 6.10 Å². The van der Waals surface area contributed by atoms with Crippen molar-refractivity contribution in [3.8, 4) is 17.2 Å². The van der Waals surface area contributed by atoms with Gasteiger partial charge in [-0.25, -0.2) is 0 Å².